The molecule has 0 saturated carbocycles. The summed E-state index contributed by atoms with van der Waals surface area (Å²) >= 11 is 0. The molecule has 0 N–H and O–H groups in total. The van der Waals surface area contributed by atoms with Crippen LogP contribution in [0.5, 0.6) is 0 Å². The van der Waals surface area contributed by atoms with Crippen molar-refractivity contribution in [2.24, 2.45) is 7.05 Å². The number of nitrogens with zero attached hydrogens (tertiary/aromatic N) is 4. The molecule has 0 spiro atoms. The van der Waals surface area contributed by atoms with Crippen LogP contribution in [0.2, 0.25) is 0 Å². The summed E-state index contributed by atoms with van der Waals surface area (Å²) in [5.74, 6) is -0.255. The molecule has 2 aromatic heterocycles. The molecule has 0 saturated heterocycles. The van der Waals surface area contributed by atoms with Gasteiger partial charge in [-0.05, 0) is 62.2 Å². The van der Waals surface area contributed by atoms with E-state index in [-0.39, 0.29) is 12.5 Å². The summed E-state index contributed by atoms with van der Waals surface area (Å²) in [6, 6.07) is 16.6. The Morgan fingerprint density at radius 3 is 2.25 bits per heavy atom. The van der Waals surface area contributed by atoms with Crippen molar-refractivity contribution in [1.29, 1.82) is 0 Å². The summed E-state index contributed by atoms with van der Waals surface area (Å²) in [6.07, 6.45) is 0. The van der Waals surface area contributed by atoms with Crippen LogP contribution in [-0.4, -0.2) is 26.7 Å². The fourth-order valence-corrected chi connectivity index (χ4v) is 3.96. The summed E-state index contributed by atoms with van der Waals surface area (Å²) < 4.78 is 4.30. The molecule has 4 aromatic rings. The predicted octanol–water partition coefficient (Wildman–Crippen LogP) is 3.08. The van der Waals surface area contributed by atoms with Gasteiger partial charge in [0.1, 0.15) is 12.1 Å². The van der Waals surface area contributed by atoms with E-state index in [1.54, 1.807) is 42.9 Å². The minimum Gasteiger partial charge on any atom is -0.342 e. The molecular formula is C25H26N4O3. The number of hydrogen-bond acceptors (Lipinski definition) is 3. The molecule has 0 aliphatic rings. The minimum absolute atomic E-state index is 0.185. The zero-order chi connectivity index (χ0) is 23.2. The van der Waals surface area contributed by atoms with Gasteiger partial charge in [0.2, 0.25) is 5.91 Å². The molecule has 0 unspecified atom stereocenters. The second-order valence-electron chi connectivity index (χ2n) is 8.22. The van der Waals surface area contributed by atoms with Gasteiger partial charge in [-0.25, -0.2) is 9.36 Å². The Morgan fingerprint density at radius 1 is 0.938 bits per heavy atom. The number of fused-ring (bicyclic) bond motifs is 1. The number of benzene rings is 2. The van der Waals surface area contributed by atoms with Crippen LogP contribution in [-0.2, 0) is 18.4 Å². The van der Waals surface area contributed by atoms with Crippen molar-refractivity contribution in [2.45, 2.75) is 27.3 Å². The Labute approximate surface area is 185 Å². The molecule has 0 radical (unpaired) electrons. The molecule has 2 aromatic carbocycles. The third-order valence-electron chi connectivity index (χ3n) is 5.89. The SMILES string of the molecule is Cc1cccc(N(C)C(=O)Cn2c(=O)n(-c3cccc(C)c3)c(=O)c3c2cc(C)n3C)c1. The maximum absolute atomic E-state index is 13.5. The van der Waals surface area contributed by atoms with Crippen molar-refractivity contribution in [2.75, 3.05) is 11.9 Å². The molecule has 0 aliphatic carbocycles. The van der Waals surface area contributed by atoms with Crippen LogP contribution in [0.25, 0.3) is 16.7 Å². The summed E-state index contributed by atoms with van der Waals surface area (Å²) in [7, 11) is 3.47. The first-order valence-electron chi connectivity index (χ1n) is 10.4. The molecule has 2 heterocycles. The first-order chi connectivity index (χ1) is 15.2. The highest BCUT2D eigenvalue weighted by Gasteiger charge is 2.21. The van der Waals surface area contributed by atoms with E-state index in [0.29, 0.717) is 16.7 Å². The fourth-order valence-electron chi connectivity index (χ4n) is 3.96. The number of likely N-dealkylation sites (N-methyl/N-ethyl adjacent to an activating group) is 1. The van der Waals surface area contributed by atoms with Crippen molar-refractivity contribution >= 4 is 22.6 Å². The van der Waals surface area contributed by atoms with Gasteiger partial charge in [0, 0.05) is 25.5 Å². The van der Waals surface area contributed by atoms with Crippen LogP contribution in [0.15, 0.2) is 64.2 Å². The van der Waals surface area contributed by atoms with Gasteiger partial charge in [0.05, 0.1) is 11.2 Å². The lowest BCUT2D eigenvalue weighted by Gasteiger charge is -2.19. The highest BCUT2D eigenvalue weighted by molar-refractivity contribution is 5.93. The Kier molecular flexibility index (Phi) is 5.34. The van der Waals surface area contributed by atoms with Crippen molar-refractivity contribution in [3.05, 3.63) is 92.3 Å². The third kappa shape index (κ3) is 3.56. The highest BCUT2D eigenvalue weighted by Crippen LogP contribution is 2.18. The number of aryl methyl sites for hydroxylation is 4. The lowest BCUT2D eigenvalue weighted by molar-refractivity contribution is -0.118. The van der Waals surface area contributed by atoms with Gasteiger partial charge in [-0.1, -0.05) is 24.3 Å². The van der Waals surface area contributed by atoms with E-state index < -0.39 is 11.2 Å². The molecule has 0 fully saturated rings. The second kappa shape index (κ2) is 8.00. The smallest absolute Gasteiger partial charge is 0.336 e. The maximum atomic E-state index is 13.5. The van der Waals surface area contributed by atoms with Gasteiger partial charge < -0.3 is 9.47 Å². The molecule has 32 heavy (non-hydrogen) atoms. The molecule has 7 nitrogen and oxygen atoms in total. The van der Waals surface area contributed by atoms with Crippen molar-refractivity contribution in [3.63, 3.8) is 0 Å². The second-order valence-corrected chi connectivity index (χ2v) is 8.22. The number of carbonyl (C=O) groups excluding carboxylic acids is 1. The summed E-state index contributed by atoms with van der Waals surface area (Å²) in [4.78, 5) is 41.6. The normalized spacial score (nSPS) is 11.2. The largest absolute Gasteiger partial charge is 0.342 e. The van der Waals surface area contributed by atoms with Crippen LogP contribution < -0.4 is 16.1 Å². The van der Waals surface area contributed by atoms with Gasteiger partial charge in [-0.15, -0.1) is 0 Å². The topological polar surface area (TPSA) is 69.2 Å². The first kappa shape index (κ1) is 21.4. The van der Waals surface area contributed by atoms with Gasteiger partial charge in [0.15, 0.2) is 0 Å². The van der Waals surface area contributed by atoms with Crippen LogP contribution in [0.3, 0.4) is 0 Å². The van der Waals surface area contributed by atoms with Crippen LogP contribution >= 0.6 is 0 Å². The fraction of sp³-hybridized carbons (Fsp3) is 0.240. The third-order valence-corrected chi connectivity index (χ3v) is 5.89. The molecule has 1 amide bonds. The highest BCUT2D eigenvalue weighted by atomic mass is 16.2. The Morgan fingerprint density at radius 2 is 1.59 bits per heavy atom. The molecule has 0 aliphatic heterocycles. The van der Waals surface area contributed by atoms with Gasteiger partial charge in [-0.2, -0.15) is 0 Å². The Balaban J connectivity index is 1.91. The lowest BCUT2D eigenvalue weighted by Crippen LogP contribution is -2.42. The van der Waals surface area contributed by atoms with Gasteiger partial charge in [-0.3, -0.25) is 14.2 Å². The molecule has 7 heteroatoms. The molecule has 4 rings (SSSR count). The monoisotopic (exact) mass is 430 g/mol. The molecule has 164 valence electrons. The van der Waals surface area contributed by atoms with E-state index in [1.807, 2.05) is 51.1 Å². The van der Waals surface area contributed by atoms with E-state index in [1.165, 1.54) is 9.47 Å². The zero-order valence-corrected chi connectivity index (χ0v) is 18.9. The Bertz CT molecular complexity index is 1470. The Hall–Kier alpha value is -3.87. The summed E-state index contributed by atoms with van der Waals surface area (Å²) in [5.41, 5.74) is 3.92. The van der Waals surface area contributed by atoms with E-state index in [9.17, 15) is 14.4 Å². The van der Waals surface area contributed by atoms with E-state index >= 15 is 0 Å². The van der Waals surface area contributed by atoms with Crippen molar-refractivity contribution < 1.29 is 4.79 Å². The van der Waals surface area contributed by atoms with Crippen molar-refractivity contribution in [1.82, 2.24) is 13.7 Å². The van der Waals surface area contributed by atoms with Gasteiger partial charge in [0.25, 0.3) is 5.56 Å². The minimum atomic E-state index is -0.537. The van der Waals surface area contributed by atoms with Crippen molar-refractivity contribution in [3.8, 4) is 5.69 Å². The summed E-state index contributed by atoms with van der Waals surface area (Å²) in [6.45, 7) is 5.54. The van der Waals surface area contributed by atoms with E-state index in [0.717, 1.165) is 27.1 Å². The number of amides is 1. The predicted molar refractivity (Wildman–Crippen MR) is 127 cm³/mol. The average Bonchev–Trinajstić information content (AvgIpc) is 3.05. The van der Waals surface area contributed by atoms with Gasteiger partial charge >= 0.3 is 5.69 Å². The van der Waals surface area contributed by atoms with Crippen LogP contribution in [0, 0.1) is 20.8 Å². The molecular weight excluding hydrogens is 404 g/mol. The number of hydrogen-bond donors (Lipinski definition) is 0. The maximum Gasteiger partial charge on any atom is 0.336 e. The average molecular weight is 431 g/mol. The zero-order valence-electron chi connectivity index (χ0n) is 18.9. The van der Waals surface area contributed by atoms with Crippen LogP contribution in [0.4, 0.5) is 5.69 Å². The number of anilines is 1. The first-order valence-corrected chi connectivity index (χ1v) is 10.4. The van der Waals surface area contributed by atoms with Crippen LogP contribution in [0.1, 0.15) is 16.8 Å². The number of rotatable bonds is 4. The van der Waals surface area contributed by atoms with E-state index in [4.69, 9.17) is 0 Å². The number of aromatic nitrogens is 3. The molecule has 0 bridgehead atoms. The van der Waals surface area contributed by atoms with E-state index in [2.05, 4.69) is 0 Å². The molecule has 0 atom stereocenters. The lowest BCUT2D eigenvalue weighted by atomic mass is 10.2. The number of carbonyl (C=O) groups is 1. The summed E-state index contributed by atoms with van der Waals surface area (Å²) in [5, 5.41) is 0. The standard InChI is InChI=1S/C25H26N4O3/c1-16-8-6-10-19(12-16)27(5)22(30)15-28-21-14-18(3)26(4)23(21)24(31)29(25(28)32)20-11-7-9-17(2)13-20/h6-14H,15H2,1-5H3. The quantitative estimate of drug-likeness (QED) is 0.500.